The Labute approximate surface area is 228 Å². The van der Waals surface area contributed by atoms with Gasteiger partial charge in [0.25, 0.3) is 5.91 Å². The Balaban J connectivity index is 1.79. The van der Waals surface area contributed by atoms with E-state index in [2.05, 4.69) is 11.4 Å². The number of fused-ring (bicyclic) bond motifs is 1. The van der Waals surface area contributed by atoms with Gasteiger partial charge in [-0.15, -0.1) is 0 Å². The molecule has 0 saturated heterocycles. The second-order valence-corrected chi connectivity index (χ2v) is 9.79. The third-order valence-electron chi connectivity index (χ3n) is 6.54. The fourth-order valence-corrected chi connectivity index (χ4v) is 4.35. The number of carboxylic acid groups (broad SMARTS) is 1. The first-order valence-electron chi connectivity index (χ1n) is 12.8. The van der Waals surface area contributed by atoms with Crippen LogP contribution in [0.1, 0.15) is 77.4 Å². The van der Waals surface area contributed by atoms with E-state index >= 15 is 0 Å². The van der Waals surface area contributed by atoms with E-state index in [0.717, 1.165) is 5.56 Å². The number of Topliss-reactive ketones (excluding diaryl/α,β-unsaturated/α-hetero) is 1. The highest BCUT2D eigenvalue weighted by molar-refractivity contribution is 6.07. The number of nitrogens with zero attached hydrogens (tertiary/aromatic N) is 2. The Morgan fingerprint density at radius 3 is 2.54 bits per heavy atom. The maximum atomic E-state index is 13.3. The summed E-state index contributed by atoms with van der Waals surface area (Å²) in [5.74, 6) is -0.364. The molecule has 39 heavy (non-hydrogen) atoms. The van der Waals surface area contributed by atoms with Crippen molar-refractivity contribution in [1.29, 1.82) is 10.7 Å². The number of carbonyl (C=O) groups is 3. The first-order chi connectivity index (χ1) is 18.5. The minimum Gasteiger partial charge on any atom is -0.493 e. The van der Waals surface area contributed by atoms with Crippen LogP contribution in [0.3, 0.4) is 0 Å². The van der Waals surface area contributed by atoms with Gasteiger partial charge < -0.3 is 24.8 Å². The van der Waals surface area contributed by atoms with Crippen molar-refractivity contribution >= 4 is 23.5 Å². The van der Waals surface area contributed by atoms with Crippen LogP contribution in [0.4, 0.5) is 0 Å². The number of amidine groups is 1. The number of rotatable bonds is 13. The van der Waals surface area contributed by atoms with Crippen molar-refractivity contribution in [2.75, 3.05) is 26.8 Å². The highest BCUT2D eigenvalue weighted by atomic mass is 16.5. The predicted molar refractivity (Wildman–Crippen MR) is 145 cm³/mol. The fraction of sp³-hybridized carbons (Fsp3) is 0.414. The maximum absolute atomic E-state index is 13.3. The van der Waals surface area contributed by atoms with Crippen LogP contribution in [0, 0.1) is 16.7 Å². The number of nitrogens with one attached hydrogen (secondary N) is 2. The Hall–Kier alpha value is -4.39. The molecule has 0 saturated carbocycles. The highest BCUT2D eigenvalue weighted by Crippen LogP contribution is 2.34. The van der Waals surface area contributed by atoms with E-state index in [0.29, 0.717) is 66.4 Å². The molecule has 0 spiro atoms. The van der Waals surface area contributed by atoms with Gasteiger partial charge in [0.1, 0.15) is 17.3 Å². The van der Waals surface area contributed by atoms with Crippen molar-refractivity contribution in [2.24, 2.45) is 0 Å². The van der Waals surface area contributed by atoms with Crippen LogP contribution in [-0.4, -0.2) is 60.3 Å². The Morgan fingerprint density at radius 2 is 1.90 bits per heavy atom. The van der Waals surface area contributed by atoms with Gasteiger partial charge in [-0.3, -0.25) is 19.8 Å². The van der Waals surface area contributed by atoms with Crippen LogP contribution >= 0.6 is 0 Å². The molecule has 0 aliphatic carbocycles. The third kappa shape index (κ3) is 6.74. The van der Waals surface area contributed by atoms with Crippen LogP contribution in [0.2, 0.25) is 0 Å². The summed E-state index contributed by atoms with van der Waals surface area (Å²) in [7, 11) is 1.53. The van der Waals surface area contributed by atoms with Gasteiger partial charge in [0.05, 0.1) is 36.8 Å². The molecular weight excluding hydrogens is 500 g/mol. The minimum absolute atomic E-state index is 0.0583. The molecule has 2 aromatic rings. The van der Waals surface area contributed by atoms with Crippen LogP contribution in [-0.2, 0) is 16.8 Å². The van der Waals surface area contributed by atoms with Gasteiger partial charge in [-0.25, -0.2) is 0 Å². The summed E-state index contributed by atoms with van der Waals surface area (Å²) in [6, 6.07) is 10.6. The number of carboxylic acids is 1. The molecule has 0 aromatic heterocycles. The van der Waals surface area contributed by atoms with Gasteiger partial charge in [0.2, 0.25) is 0 Å². The van der Waals surface area contributed by atoms with E-state index in [9.17, 15) is 19.6 Å². The van der Waals surface area contributed by atoms with E-state index in [-0.39, 0.29) is 30.5 Å². The van der Waals surface area contributed by atoms with Crippen molar-refractivity contribution < 1.29 is 29.0 Å². The third-order valence-corrected chi connectivity index (χ3v) is 6.54. The lowest BCUT2D eigenvalue weighted by Gasteiger charge is -2.22. The Bertz CT molecular complexity index is 1330. The zero-order chi connectivity index (χ0) is 28.7. The molecule has 2 aromatic carbocycles. The molecule has 0 bridgehead atoms. The van der Waals surface area contributed by atoms with Gasteiger partial charge in [-0.1, -0.05) is 0 Å². The van der Waals surface area contributed by atoms with Gasteiger partial charge in [0.15, 0.2) is 5.78 Å². The molecule has 1 heterocycles. The normalized spacial score (nSPS) is 12.5. The number of hydrogen-bond acceptors (Lipinski definition) is 7. The zero-order valence-electron chi connectivity index (χ0n) is 22.7. The molecule has 3 N–H and O–H groups in total. The molecule has 10 heteroatoms. The summed E-state index contributed by atoms with van der Waals surface area (Å²) in [6.45, 7) is 6.23. The lowest BCUT2D eigenvalue weighted by atomic mass is 9.84. The van der Waals surface area contributed by atoms with Crippen LogP contribution in [0.15, 0.2) is 30.3 Å². The Kier molecular flexibility index (Phi) is 9.30. The summed E-state index contributed by atoms with van der Waals surface area (Å²) >= 11 is 0. The molecule has 0 fully saturated rings. The SMILES string of the molecule is CCOc1cc2c(cc1C(=O)NC)C(=N)N(CC(=O)c1ccc(OCCCCC(=O)O)c(C(C)(C)C#N)c1)C2. The van der Waals surface area contributed by atoms with E-state index in [4.69, 9.17) is 20.0 Å². The van der Waals surface area contributed by atoms with Gasteiger partial charge in [-0.05, 0) is 69.5 Å². The maximum Gasteiger partial charge on any atom is 0.303 e. The molecular formula is C29H34N4O6. The van der Waals surface area contributed by atoms with Crippen molar-refractivity contribution in [1.82, 2.24) is 10.2 Å². The van der Waals surface area contributed by atoms with Crippen molar-refractivity contribution in [3.63, 3.8) is 0 Å². The lowest BCUT2D eigenvalue weighted by molar-refractivity contribution is -0.137. The molecule has 0 unspecified atom stereocenters. The van der Waals surface area contributed by atoms with Crippen molar-refractivity contribution in [2.45, 2.75) is 52.0 Å². The largest absolute Gasteiger partial charge is 0.493 e. The molecule has 1 aliphatic rings. The number of ether oxygens (including phenoxy) is 2. The number of hydrogen-bond donors (Lipinski definition) is 3. The lowest BCUT2D eigenvalue weighted by Crippen LogP contribution is -2.30. The van der Waals surface area contributed by atoms with Gasteiger partial charge in [0, 0.05) is 36.7 Å². The summed E-state index contributed by atoms with van der Waals surface area (Å²) in [4.78, 5) is 38.0. The summed E-state index contributed by atoms with van der Waals surface area (Å²) in [6.07, 6.45) is 1.08. The molecule has 3 rings (SSSR count). The number of aliphatic carboxylic acids is 1. The number of benzene rings is 2. The Morgan fingerprint density at radius 1 is 1.15 bits per heavy atom. The number of ketones is 1. The topological polar surface area (TPSA) is 153 Å². The fourth-order valence-electron chi connectivity index (χ4n) is 4.35. The number of carbonyl (C=O) groups excluding carboxylic acids is 2. The van der Waals surface area contributed by atoms with E-state index in [1.165, 1.54) is 7.05 Å². The molecule has 0 atom stereocenters. The summed E-state index contributed by atoms with van der Waals surface area (Å²) in [5, 5.41) is 29.8. The standard InChI is InChI=1S/C29H34N4O6/c1-5-38-25-13-19-15-33(27(31)20(19)14-21(25)28(37)32-4)16-23(34)18-9-10-24(22(12-18)29(2,3)17-30)39-11-7-6-8-26(35)36/h9-10,12-14,31H,5-8,11,15-16H2,1-4H3,(H,32,37)(H,35,36). The second kappa shape index (κ2) is 12.4. The minimum atomic E-state index is -0.935. The van der Waals surface area contributed by atoms with Crippen LogP contribution < -0.4 is 14.8 Å². The van der Waals surface area contributed by atoms with Crippen LogP contribution in [0.5, 0.6) is 11.5 Å². The molecule has 1 amide bonds. The van der Waals surface area contributed by atoms with Crippen LogP contribution in [0.25, 0.3) is 0 Å². The summed E-state index contributed by atoms with van der Waals surface area (Å²) < 4.78 is 11.5. The smallest absolute Gasteiger partial charge is 0.303 e. The molecule has 206 valence electrons. The zero-order valence-corrected chi connectivity index (χ0v) is 22.7. The molecule has 0 radical (unpaired) electrons. The van der Waals surface area contributed by atoms with Gasteiger partial charge >= 0.3 is 5.97 Å². The average Bonchev–Trinajstić information content (AvgIpc) is 3.21. The van der Waals surface area contributed by atoms with E-state index in [1.54, 1.807) is 49.1 Å². The summed E-state index contributed by atoms with van der Waals surface area (Å²) in [5.41, 5.74) is 1.71. The van der Waals surface area contributed by atoms with Gasteiger partial charge in [-0.2, -0.15) is 5.26 Å². The van der Waals surface area contributed by atoms with Crippen molar-refractivity contribution in [3.05, 3.63) is 58.1 Å². The second-order valence-electron chi connectivity index (χ2n) is 9.79. The average molecular weight is 535 g/mol. The first-order valence-corrected chi connectivity index (χ1v) is 12.8. The highest BCUT2D eigenvalue weighted by Gasteiger charge is 2.30. The predicted octanol–water partition coefficient (Wildman–Crippen LogP) is 3.90. The van der Waals surface area contributed by atoms with E-state index < -0.39 is 11.4 Å². The van der Waals surface area contributed by atoms with E-state index in [1.807, 2.05) is 6.92 Å². The molecule has 1 aliphatic heterocycles. The molecule has 10 nitrogen and oxygen atoms in total. The monoisotopic (exact) mass is 534 g/mol. The van der Waals surface area contributed by atoms with Crippen molar-refractivity contribution in [3.8, 4) is 17.6 Å². The number of nitriles is 1. The number of amides is 1. The first kappa shape index (κ1) is 29.2. The number of unbranched alkanes of at least 4 members (excludes halogenated alkanes) is 1. The quantitative estimate of drug-likeness (QED) is 0.258.